The maximum atomic E-state index is 12.2. The lowest BCUT2D eigenvalue weighted by Gasteiger charge is -2.23. The average molecular weight is 278 g/mol. The molecular formula is C15H18O3S. The molecule has 0 aromatic heterocycles. The number of ketones is 1. The van der Waals surface area contributed by atoms with Crippen LogP contribution in [0.1, 0.15) is 35.7 Å². The Labute approximate surface area is 117 Å². The first-order valence-electron chi connectivity index (χ1n) is 6.49. The molecule has 19 heavy (non-hydrogen) atoms. The third-order valence-electron chi connectivity index (χ3n) is 3.36. The number of thioether (sulfide) groups is 1. The van der Waals surface area contributed by atoms with Crippen molar-refractivity contribution in [1.82, 2.24) is 0 Å². The number of fused-ring (bicyclic) bond motifs is 1. The normalized spacial score (nSPS) is 18.0. The van der Waals surface area contributed by atoms with Gasteiger partial charge in [-0.3, -0.25) is 9.59 Å². The Morgan fingerprint density at radius 1 is 1.42 bits per heavy atom. The number of rotatable bonds is 4. The second kappa shape index (κ2) is 6.24. The quantitative estimate of drug-likeness (QED) is 0.627. The summed E-state index contributed by atoms with van der Waals surface area (Å²) >= 11 is 1.74. The highest BCUT2D eigenvalue weighted by atomic mass is 32.2. The molecule has 0 spiro atoms. The van der Waals surface area contributed by atoms with Gasteiger partial charge in [-0.15, -0.1) is 11.8 Å². The van der Waals surface area contributed by atoms with Crippen LogP contribution in [0, 0.1) is 5.92 Å². The van der Waals surface area contributed by atoms with E-state index in [-0.39, 0.29) is 17.7 Å². The molecule has 1 aromatic rings. The van der Waals surface area contributed by atoms with Crippen LogP contribution in [0.5, 0.6) is 0 Å². The Balaban J connectivity index is 2.16. The van der Waals surface area contributed by atoms with Gasteiger partial charge in [-0.05, 0) is 35.8 Å². The zero-order valence-electron chi connectivity index (χ0n) is 11.3. The number of hydrogen-bond donors (Lipinski definition) is 0. The van der Waals surface area contributed by atoms with E-state index in [1.807, 2.05) is 12.1 Å². The summed E-state index contributed by atoms with van der Waals surface area (Å²) < 4.78 is 4.67. The van der Waals surface area contributed by atoms with E-state index < -0.39 is 0 Å². The summed E-state index contributed by atoms with van der Waals surface area (Å²) in [6, 6.07) is 6.07. The van der Waals surface area contributed by atoms with Gasteiger partial charge in [0, 0.05) is 23.3 Å². The Bertz CT molecular complexity index is 496. The number of Topliss-reactive ketones (excluding diaryl/α,β-unsaturated/α-hetero) is 1. The number of hydrogen-bond acceptors (Lipinski definition) is 4. The first-order valence-corrected chi connectivity index (χ1v) is 7.48. The molecule has 1 aliphatic carbocycles. The summed E-state index contributed by atoms with van der Waals surface area (Å²) in [5.41, 5.74) is 1.89. The maximum Gasteiger partial charge on any atom is 0.305 e. The zero-order valence-corrected chi connectivity index (χ0v) is 12.1. The van der Waals surface area contributed by atoms with Crippen molar-refractivity contribution < 1.29 is 14.3 Å². The smallest absolute Gasteiger partial charge is 0.305 e. The lowest BCUT2D eigenvalue weighted by Crippen LogP contribution is -2.22. The van der Waals surface area contributed by atoms with Crippen molar-refractivity contribution >= 4 is 23.5 Å². The molecular weight excluding hydrogens is 260 g/mol. The van der Waals surface area contributed by atoms with Crippen molar-refractivity contribution in [3.63, 3.8) is 0 Å². The molecule has 0 heterocycles. The molecule has 1 aromatic carbocycles. The van der Waals surface area contributed by atoms with E-state index in [4.69, 9.17) is 0 Å². The zero-order chi connectivity index (χ0) is 13.8. The largest absolute Gasteiger partial charge is 0.469 e. The van der Waals surface area contributed by atoms with Crippen LogP contribution >= 0.6 is 11.8 Å². The van der Waals surface area contributed by atoms with Crippen LogP contribution in [0.15, 0.2) is 23.1 Å². The van der Waals surface area contributed by atoms with Crippen molar-refractivity contribution in [2.45, 2.75) is 31.1 Å². The third kappa shape index (κ3) is 3.38. The van der Waals surface area contributed by atoms with Gasteiger partial charge in [-0.1, -0.05) is 13.0 Å². The number of benzene rings is 1. The van der Waals surface area contributed by atoms with E-state index in [1.165, 1.54) is 7.11 Å². The molecule has 1 atom stereocenters. The van der Waals surface area contributed by atoms with Gasteiger partial charge >= 0.3 is 5.97 Å². The van der Waals surface area contributed by atoms with Crippen LogP contribution in [0.25, 0.3) is 0 Å². The predicted molar refractivity (Wildman–Crippen MR) is 75.6 cm³/mol. The molecule has 0 aliphatic heterocycles. The number of ether oxygens (including phenoxy) is 1. The monoisotopic (exact) mass is 278 g/mol. The van der Waals surface area contributed by atoms with Gasteiger partial charge < -0.3 is 4.74 Å². The average Bonchev–Trinajstić information content (AvgIpc) is 2.40. The van der Waals surface area contributed by atoms with Crippen molar-refractivity contribution in [3.05, 3.63) is 29.3 Å². The Hall–Kier alpha value is -1.29. The van der Waals surface area contributed by atoms with Gasteiger partial charge in [0.25, 0.3) is 0 Å². The molecule has 1 unspecified atom stereocenters. The molecule has 0 amide bonds. The van der Waals surface area contributed by atoms with Crippen molar-refractivity contribution in [1.29, 1.82) is 0 Å². The first-order chi connectivity index (χ1) is 9.13. The second-order valence-electron chi connectivity index (χ2n) is 4.73. The van der Waals surface area contributed by atoms with E-state index in [0.717, 1.165) is 28.2 Å². The minimum absolute atomic E-state index is 0.0807. The molecule has 0 saturated heterocycles. The molecule has 3 nitrogen and oxygen atoms in total. The van der Waals surface area contributed by atoms with E-state index in [2.05, 4.69) is 17.7 Å². The van der Waals surface area contributed by atoms with Crippen LogP contribution in [0.4, 0.5) is 0 Å². The highest BCUT2D eigenvalue weighted by Crippen LogP contribution is 2.31. The number of carbonyl (C=O) groups excluding carboxylic acids is 2. The Morgan fingerprint density at radius 3 is 2.89 bits per heavy atom. The summed E-state index contributed by atoms with van der Waals surface area (Å²) in [5, 5.41) is 0. The minimum atomic E-state index is -0.237. The molecule has 0 fully saturated rings. The van der Waals surface area contributed by atoms with Crippen molar-refractivity contribution in [3.8, 4) is 0 Å². The fourth-order valence-electron chi connectivity index (χ4n) is 2.47. The number of methoxy groups -OCH3 is 1. The summed E-state index contributed by atoms with van der Waals surface area (Å²) in [6.45, 7) is 2.10. The molecule has 2 rings (SSSR count). The topological polar surface area (TPSA) is 43.4 Å². The van der Waals surface area contributed by atoms with Gasteiger partial charge in [0.15, 0.2) is 5.78 Å². The highest BCUT2D eigenvalue weighted by Gasteiger charge is 2.27. The molecule has 4 heteroatoms. The summed E-state index contributed by atoms with van der Waals surface area (Å²) in [4.78, 5) is 24.6. The fraction of sp³-hybridized carbons (Fsp3) is 0.467. The molecule has 0 N–H and O–H groups in total. The Morgan fingerprint density at radius 2 is 2.21 bits per heavy atom. The molecule has 0 saturated carbocycles. The first kappa shape index (κ1) is 14.1. The lowest BCUT2D eigenvalue weighted by atomic mass is 9.81. The SMILES string of the molecule is CCSc1ccc2c(c1)C(=O)CC(CC(=O)OC)C2. The maximum absolute atomic E-state index is 12.2. The fourth-order valence-corrected chi connectivity index (χ4v) is 3.17. The summed E-state index contributed by atoms with van der Waals surface area (Å²) in [6.07, 6.45) is 1.56. The van der Waals surface area contributed by atoms with Gasteiger partial charge in [-0.25, -0.2) is 0 Å². The van der Waals surface area contributed by atoms with Crippen LogP contribution in [-0.2, 0) is 16.0 Å². The van der Waals surface area contributed by atoms with E-state index >= 15 is 0 Å². The van der Waals surface area contributed by atoms with Crippen LogP contribution in [0.3, 0.4) is 0 Å². The second-order valence-corrected chi connectivity index (χ2v) is 6.07. The van der Waals surface area contributed by atoms with Gasteiger partial charge in [-0.2, -0.15) is 0 Å². The van der Waals surface area contributed by atoms with Gasteiger partial charge in [0.05, 0.1) is 7.11 Å². The molecule has 0 radical (unpaired) electrons. The van der Waals surface area contributed by atoms with E-state index in [1.54, 1.807) is 11.8 Å². The molecule has 102 valence electrons. The van der Waals surface area contributed by atoms with Crippen LogP contribution in [-0.4, -0.2) is 24.6 Å². The minimum Gasteiger partial charge on any atom is -0.469 e. The number of esters is 1. The van der Waals surface area contributed by atoms with Gasteiger partial charge in [0.2, 0.25) is 0 Å². The van der Waals surface area contributed by atoms with Gasteiger partial charge in [0.1, 0.15) is 0 Å². The molecule has 0 bridgehead atoms. The predicted octanol–water partition coefficient (Wildman–Crippen LogP) is 3.11. The van der Waals surface area contributed by atoms with Crippen molar-refractivity contribution in [2.75, 3.05) is 12.9 Å². The van der Waals surface area contributed by atoms with Crippen LogP contribution < -0.4 is 0 Å². The Kier molecular flexibility index (Phi) is 4.64. The summed E-state index contributed by atoms with van der Waals surface area (Å²) in [5.74, 6) is 0.989. The summed E-state index contributed by atoms with van der Waals surface area (Å²) in [7, 11) is 1.38. The van der Waals surface area contributed by atoms with E-state index in [9.17, 15) is 9.59 Å². The standard InChI is InChI=1S/C15H18O3S/c1-3-19-12-5-4-11-6-10(8-15(17)18-2)7-14(16)13(11)9-12/h4-5,9-10H,3,6-8H2,1-2H3. The van der Waals surface area contributed by atoms with E-state index in [0.29, 0.717) is 12.8 Å². The highest BCUT2D eigenvalue weighted by molar-refractivity contribution is 7.99. The molecule has 1 aliphatic rings. The van der Waals surface area contributed by atoms with Crippen LogP contribution in [0.2, 0.25) is 0 Å². The van der Waals surface area contributed by atoms with Crippen molar-refractivity contribution in [2.24, 2.45) is 5.92 Å². The third-order valence-corrected chi connectivity index (χ3v) is 4.23. The number of carbonyl (C=O) groups is 2. The lowest BCUT2D eigenvalue weighted by molar-refractivity contribution is -0.141.